The topological polar surface area (TPSA) is 115 Å². The molecule has 0 saturated carbocycles. The Morgan fingerprint density at radius 1 is 1.15 bits per heavy atom. The van der Waals surface area contributed by atoms with Crippen molar-refractivity contribution in [2.75, 3.05) is 24.4 Å². The Morgan fingerprint density at radius 3 is 2.56 bits per heavy atom. The number of methoxy groups -OCH3 is 1. The fraction of sp³-hybridized carbons (Fsp3) is 0.389. The van der Waals surface area contributed by atoms with Crippen LogP contribution in [0.15, 0.2) is 24.3 Å². The third-order valence-electron chi connectivity index (χ3n) is 3.46. The van der Waals surface area contributed by atoms with E-state index in [2.05, 4.69) is 25.6 Å². The Balaban J connectivity index is 1.92. The van der Waals surface area contributed by atoms with Crippen molar-refractivity contribution in [2.24, 2.45) is 0 Å². The van der Waals surface area contributed by atoms with Crippen LogP contribution in [0.4, 0.5) is 11.9 Å². The van der Waals surface area contributed by atoms with Gasteiger partial charge in [-0.15, -0.1) is 0 Å². The quantitative estimate of drug-likeness (QED) is 0.675. The molecule has 2 aromatic rings. The highest BCUT2D eigenvalue weighted by Gasteiger charge is 2.12. The lowest BCUT2D eigenvalue weighted by molar-refractivity contribution is -0.114. The summed E-state index contributed by atoms with van der Waals surface area (Å²) >= 11 is 0. The van der Waals surface area contributed by atoms with Crippen LogP contribution in [-0.4, -0.2) is 46.6 Å². The summed E-state index contributed by atoms with van der Waals surface area (Å²) in [5, 5.41) is 5.63. The Labute approximate surface area is 157 Å². The predicted octanol–water partition coefficient (Wildman–Crippen LogP) is 1.94. The summed E-state index contributed by atoms with van der Waals surface area (Å²) in [5.41, 5.74) is 1.23. The first-order valence-electron chi connectivity index (χ1n) is 8.39. The third-order valence-corrected chi connectivity index (χ3v) is 3.46. The number of aryl methyl sites for hydroxylation is 1. The Kier molecular flexibility index (Phi) is 7.18. The van der Waals surface area contributed by atoms with Gasteiger partial charge in [-0.2, -0.15) is 15.0 Å². The molecule has 0 fully saturated rings. The second kappa shape index (κ2) is 9.58. The molecule has 0 aliphatic rings. The van der Waals surface area contributed by atoms with E-state index in [9.17, 15) is 9.59 Å². The van der Waals surface area contributed by atoms with Crippen LogP contribution in [0.5, 0.6) is 0 Å². The average Bonchev–Trinajstić information content (AvgIpc) is 2.60. The maximum atomic E-state index is 11.8. The molecule has 0 saturated heterocycles. The number of rotatable bonds is 8. The zero-order valence-corrected chi connectivity index (χ0v) is 15.8. The van der Waals surface area contributed by atoms with Crippen molar-refractivity contribution in [3.63, 3.8) is 0 Å². The molecule has 144 valence electrons. The van der Waals surface area contributed by atoms with E-state index in [0.717, 1.165) is 5.56 Å². The van der Waals surface area contributed by atoms with E-state index in [1.165, 1.54) is 14.0 Å². The van der Waals surface area contributed by atoms with Gasteiger partial charge in [0.2, 0.25) is 17.8 Å². The van der Waals surface area contributed by atoms with Crippen LogP contribution >= 0.6 is 0 Å². The van der Waals surface area contributed by atoms with Gasteiger partial charge in [-0.25, -0.2) is 4.79 Å². The van der Waals surface area contributed by atoms with Gasteiger partial charge in [0.25, 0.3) is 0 Å². The molecule has 2 rings (SSSR count). The molecule has 0 aliphatic heterocycles. The predicted molar refractivity (Wildman–Crippen MR) is 99.4 cm³/mol. The van der Waals surface area contributed by atoms with Crippen molar-refractivity contribution in [3.8, 4) is 0 Å². The van der Waals surface area contributed by atoms with Crippen LogP contribution < -0.4 is 10.6 Å². The molecule has 1 atom stereocenters. The van der Waals surface area contributed by atoms with Gasteiger partial charge in [-0.05, 0) is 25.5 Å². The summed E-state index contributed by atoms with van der Waals surface area (Å²) in [6, 6.07) is 7.02. The number of aromatic nitrogens is 3. The summed E-state index contributed by atoms with van der Waals surface area (Å²) in [4.78, 5) is 35.3. The maximum absolute atomic E-state index is 11.8. The largest absolute Gasteiger partial charge is 0.465 e. The van der Waals surface area contributed by atoms with E-state index in [0.29, 0.717) is 23.9 Å². The number of nitrogens with zero attached hydrogens (tertiary/aromatic N) is 3. The van der Waals surface area contributed by atoms with Gasteiger partial charge in [0.15, 0.2) is 0 Å². The molecule has 1 heterocycles. The second-order valence-corrected chi connectivity index (χ2v) is 5.92. The highest BCUT2D eigenvalue weighted by molar-refractivity contribution is 5.90. The van der Waals surface area contributed by atoms with Gasteiger partial charge in [0.05, 0.1) is 25.9 Å². The zero-order valence-electron chi connectivity index (χ0n) is 15.8. The lowest BCUT2D eigenvalue weighted by atomic mass is 10.1. The molecule has 27 heavy (non-hydrogen) atoms. The van der Waals surface area contributed by atoms with Gasteiger partial charge in [0.1, 0.15) is 5.82 Å². The molecule has 2 N–H and O–H groups in total. The van der Waals surface area contributed by atoms with E-state index in [-0.39, 0.29) is 24.5 Å². The molecule has 1 unspecified atom stereocenters. The van der Waals surface area contributed by atoms with Crippen molar-refractivity contribution >= 4 is 23.8 Å². The summed E-state index contributed by atoms with van der Waals surface area (Å²) in [6.07, 6.45) is 0. The number of carbonyl (C=O) groups is 2. The van der Waals surface area contributed by atoms with Crippen LogP contribution in [0.2, 0.25) is 0 Å². The highest BCUT2D eigenvalue weighted by Crippen LogP contribution is 2.12. The lowest BCUT2D eigenvalue weighted by Crippen LogP contribution is -2.24. The number of ether oxygens (including phenoxy) is 2. The monoisotopic (exact) mass is 373 g/mol. The van der Waals surface area contributed by atoms with Gasteiger partial charge < -0.3 is 14.8 Å². The number of benzene rings is 1. The van der Waals surface area contributed by atoms with Crippen molar-refractivity contribution in [1.29, 1.82) is 0 Å². The zero-order chi connectivity index (χ0) is 19.8. The van der Waals surface area contributed by atoms with E-state index in [1.54, 1.807) is 19.1 Å². The van der Waals surface area contributed by atoms with Crippen LogP contribution in [0.1, 0.15) is 35.6 Å². The van der Waals surface area contributed by atoms with Crippen molar-refractivity contribution in [1.82, 2.24) is 15.0 Å². The fourth-order valence-corrected chi connectivity index (χ4v) is 2.32. The van der Waals surface area contributed by atoms with E-state index in [4.69, 9.17) is 9.47 Å². The van der Waals surface area contributed by atoms with E-state index < -0.39 is 5.97 Å². The Bertz CT molecular complexity index is 812. The first kappa shape index (κ1) is 20.2. The van der Waals surface area contributed by atoms with Crippen LogP contribution in [-0.2, 0) is 20.9 Å². The second-order valence-electron chi connectivity index (χ2n) is 5.92. The highest BCUT2D eigenvalue weighted by atomic mass is 16.5. The molecular formula is C18H23N5O4. The molecule has 0 aliphatic carbocycles. The molecule has 0 radical (unpaired) electrons. The van der Waals surface area contributed by atoms with Gasteiger partial charge in [-0.1, -0.05) is 18.2 Å². The summed E-state index contributed by atoms with van der Waals surface area (Å²) in [7, 11) is 1.35. The Morgan fingerprint density at radius 2 is 1.85 bits per heavy atom. The van der Waals surface area contributed by atoms with Crippen LogP contribution in [0, 0.1) is 6.92 Å². The molecule has 0 bridgehead atoms. The molecule has 1 aromatic heterocycles. The molecule has 9 heteroatoms. The van der Waals surface area contributed by atoms with Crippen molar-refractivity contribution < 1.29 is 19.1 Å². The normalized spacial score (nSPS) is 11.6. The SMILES string of the molecule is COC(=O)c1ccccc1COCC(C)Nc1nc(C)nc(NC(C)=O)n1. The number of hydrogen-bond acceptors (Lipinski definition) is 8. The molecule has 9 nitrogen and oxygen atoms in total. The molecular weight excluding hydrogens is 350 g/mol. The minimum atomic E-state index is -0.397. The van der Waals surface area contributed by atoms with Gasteiger partial charge >= 0.3 is 5.97 Å². The van der Waals surface area contributed by atoms with Crippen molar-refractivity contribution in [3.05, 3.63) is 41.2 Å². The number of esters is 1. The minimum absolute atomic E-state index is 0.109. The van der Waals surface area contributed by atoms with Crippen LogP contribution in [0.25, 0.3) is 0 Å². The standard InChI is InChI=1S/C18H23N5O4/c1-11(19-17-20-12(2)21-18(23-17)22-13(3)24)9-27-10-14-7-5-6-8-15(14)16(25)26-4/h5-8,11H,9-10H2,1-4H3,(H2,19,20,21,22,23,24). The molecule has 1 amide bonds. The number of nitrogens with one attached hydrogen (secondary N) is 2. The number of amides is 1. The number of anilines is 2. The van der Waals surface area contributed by atoms with Crippen LogP contribution in [0.3, 0.4) is 0 Å². The number of hydrogen-bond donors (Lipinski definition) is 2. The van der Waals surface area contributed by atoms with Gasteiger partial charge in [-0.3, -0.25) is 10.1 Å². The Hall–Kier alpha value is -3.07. The van der Waals surface area contributed by atoms with Gasteiger partial charge in [0, 0.05) is 13.0 Å². The maximum Gasteiger partial charge on any atom is 0.338 e. The fourth-order valence-electron chi connectivity index (χ4n) is 2.32. The smallest absolute Gasteiger partial charge is 0.338 e. The first-order chi connectivity index (χ1) is 12.9. The third kappa shape index (κ3) is 6.30. The lowest BCUT2D eigenvalue weighted by Gasteiger charge is -2.15. The minimum Gasteiger partial charge on any atom is -0.465 e. The number of carbonyl (C=O) groups excluding carboxylic acids is 2. The molecule has 0 spiro atoms. The molecule has 1 aromatic carbocycles. The average molecular weight is 373 g/mol. The van der Waals surface area contributed by atoms with E-state index in [1.807, 2.05) is 19.1 Å². The summed E-state index contributed by atoms with van der Waals surface area (Å²) in [6.45, 7) is 5.63. The summed E-state index contributed by atoms with van der Waals surface area (Å²) < 4.78 is 10.5. The van der Waals surface area contributed by atoms with Crippen molar-refractivity contribution in [2.45, 2.75) is 33.4 Å². The summed E-state index contributed by atoms with van der Waals surface area (Å²) in [5.74, 6) is 0.366. The van der Waals surface area contributed by atoms with E-state index >= 15 is 0 Å². The first-order valence-corrected chi connectivity index (χ1v) is 8.39.